The maximum absolute atomic E-state index is 12.8. The molecule has 0 aromatic heterocycles. The molecule has 0 saturated carbocycles. The Morgan fingerprint density at radius 2 is 1.92 bits per heavy atom. The number of nitrogens with two attached hydrogens (primary N) is 1. The summed E-state index contributed by atoms with van der Waals surface area (Å²) in [4.78, 5) is 0. The Balaban J connectivity index is 3.15. The summed E-state index contributed by atoms with van der Waals surface area (Å²) in [5, 5.41) is 0.174. The lowest BCUT2D eigenvalue weighted by atomic mass is 10.1. The van der Waals surface area contributed by atoms with Crippen LogP contribution in [0.3, 0.4) is 0 Å². The van der Waals surface area contributed by atoms with Crippen LogP contribution in [0.5, 0.6) is 0 Å². The van der Waals surface area contributed by atoms with E-state index in [1.165, 1.54) is 0 Å². The molecule has 1 aromatic rings. The minimum absolute atomic E-state index is 0.174. The largest absolute Gasteiger partial charge is 0.324 e. The minimum Gasteiger partial charge on any atom is -0.324 e. The van der Waals surface area contributed by atoms with E-state index in [0.29, 0.717) is 12.0 Å². The van der Waals surface area contributed by atoms with E-state index in [4.69, 9.17) is 17.3 Å². The molecule has 0 fully saturated rings. The van der Waals surface area contributed by atoms with Gasteiger partial charge in [0.2, 0.25) is 0 Å². The highest BCUT2D eigenvalue weighted by Gasteiger charge is 2.12. The molecule has 0 radical (unpaired) electrons. The van der Waals surface area contributed by atoms with Crippen LogP contribution in [0.1, 0.15) is 24.9 Å². The molecule has 1 unspecified atom stereocenters. The standard InChI is InChI=1S/C9H10ClF2N/c1-2-9(13)5-3-7(11)8(12)4-6(5)10/h3-4,9H,2,13H2,1H3. The fourth-order valence-electron chi connectivity index (χ4n) is 1.04. The van der Waals surface area contributed by atoms with Crippen LogP contribution in [0.2, 0.25) is 5.02 Å². The molecule has 1 aromatic carbocycles. The van der Waals surface area contributed by atoms with Crippen LogP contribution in [-0.2, 0) is 0 Å². The van der Waals surface area contributed by atoms with Gasteiger partial charge in [-0.15, -0.1) is 0 Å². The fourth-order valence-corrected chi connectivity index (χ4v) is 1.33. The van der Waals surface area contributed by atoms with E-state index in [1.807, 2.05) is 6.92 Å². The van der Waals surface area contributed by atoms with Crippen molar-refractivity contribution < 1.29 is 8.78 Å². The summed E-state index contributed by atoms with van der Waals surface area (Å²) >= 11 is 5.69. The van der Waals surface area contributed by atoms with Gasteiger partial charge < -0.3 is 5.73 Å². The number of benzene rings is 1. The highest BCUT2D eigenvalue weighted by atomic mass is 35.5. The van der Waals surface area contributed by atoms with Crippen molar-refractivity contribution in [3.05, 3.63) is 34.4 Å². The first-order valence-corrected chi connectivity index (χ1v) is 4.34. The van der Waals surface area contributed by atoms with Gasteiger partial charge in [0.25, 0.3) is 0 Å². The van der Waals surface area contributed by atoms with Gasteiger partial charge in [-0.3, -0.25) is 0 Å². The van der Waals surface area contributed by atoms with Gasteiger partial charge in [0.05, 0.1) is 0 Å². The van der Waals surface area contributed by atoms with E-state index in [2.05, 4.69) is 0 Å². The number of hydrogen-bond donors (Lipinski definition) is 1. The molecule has 1 nitrogen and oxygen atoms in total. The second-order valence-electron chi connectivity index (χ2n) is 2.80. The van der Waals surface area contributed by atoms with E-state index in [1.54, 1.807) is 0 Å². The molecule has 4 heteroatoms. The Morgan fingerprint density at radius 1 is 1.38 bits per heavy atom. The normalized spacial score (nSPS) is 13.0. The quantitative estimate of drug-likeness (QED) is 0.738. The van der Waals surface area contributed by atoms with Gasteiger partial charge in [0.15, 0.2) is 11.6 Å². The Labute approximate surface area is 80.5 Å². The summed E-state index contributed by atoms with van der Waals surface area (Å²) in [7, 11) is 0. The summed E-state index contributed by atoms with van der Waals surface area (Å²) in [5.41, 5.74) is 6.09. The van der Waals surface area contributed by atoms with Crippen molar-refractivity contribution in [1.29, 1.82) is 0 Å². The lowest BCUT2D eigenvalue weighted by Crippen LogP contribution is -2.10. The van der Waals surface area contributed by atoms with Crippen molar-refractivity contribution in [2.75, 3.05) is 0 Å². The van der Waals surface area contributed by atoms with Gasteiger partial charge in [0.1, 0.15) is 0 Å². The van der Waals surface area contributed by atoms with Crippen LogP contribution in [0.15, 0.2) is 12.1 Å². The molecule has 0 bridgehead atoms. The zero-order chi connectivity index (χ0) is 10.0. The van der Waals surface area contributed by atoms with Gasteiger partial charge in [-0.25, -0.2) is 8.78 Å². The fraction of sp³-hybridized carbons (Fsp3) is 0.333. The third kappa shape index (κ3) is 2.17. The van der Waals surface area contributed by atoms with Crippen LogP contribution in [-0.4, -0.2) is 0 Å². The summed E-state index contributed by atoms with van der Waals surface area (Å²) in [6.07, 6.45) is 0.630. The molecule has 13 heavy (non-hydrogen) atoms. The van der Waals surface area contributed by atoms with Crippen molar-refractivity contribution in [2.45, 2.75) is 19.4 Å². The Hall–Kier alpha value is -0.670. The van der Waals surface area contributed by atoms with Gasteiger partial charge >= 0.3 is 0 Å². The van der Waals surface area contributed by atoms with Crippen molar-refractivity contribution in [3.8, 4) is 0 Å². The minimum atomic E-state index is -0.947. The Morgan fingerprint density at radius 3 is 2.46 bits per heavy atom. The molecule has 0 aliphatic rings. The average molecular weight is 206 g/mol. The van der Waals surface area contributed by atoms with Crippen LogP contribution in [0.4, 0.5) is 8.78 Å². The topological polar surface area (TPSA) is 26.0 Å². The molecule has 72 valence electrons. The molecule has 1 rings (SSSR count). The first kappa shape index (κ1) is 10.4. The van der Waals surface area contributed by atoms with Gasteiger partial charge in [-0.05, 0) is 24.1 Å². The van der Waals surface area contributed by atoms with Crippen molar-refractivity contribution in [2.24, 2.45) is 5.73 Å². The van der Waals surface area contributed by atoms with Crippen molar-refractivity contribution in [1.82, 2.24) is 0 Å². The molecule has 0 heterocycles. The summed E-state index contributed by atoms with van der Waals surface area (Å²) < 4.78 is 25.4. The third-order valence-electron chi connectivity index (χ3n) is 1.88. The van der Waals surface area contributed by atoms with E-state index in [-0.39, 0.29) is 11.1 Å². The van der Waals surface area contributed by atoms with E-state index in [0.717, 1.165) is 12.1 Å². The molecule has 0 aliphatic heterocycles. The van der Waals surface area contributed by atoms with Gasteiger partial charge in [-0.2, -0.15) is 0 Å². The second-order valence-corrected chi connectivity index (χ2v) is 3.21. The number of hydrogen-bond acceptors (Lipinski definition) is 1. The summed E-state index contributed by atoms with van der Waals surface area (Å²) in [6, 6.07) is 1.65. The van der Waals surface area contributed by atoms with E-state index in [9.17, 15) is 8.78 Å². The zero-order valence-corrected chi connectivity index (χ0v) is 7.91. The van der Waals surface area contributed by atoms with Gasteiger partial charge in [0, 0.05) is 11.1 Å². The van der Waals surface area contributed by atoms with Crippen LogP contribution >= 0.6 is 11.6 Å². The van der Waals surface area contributed by atoms with E-state index < -0.39 is 11.6 Å². The molecule has 0 aliphatic carbocycles. The summed E-state index contributed by atoms with van der Waals surface area (Å²) in [6.45, 7) is 1.85. The lowest BCUT2D eigenvalue weighted by Gasteiger charge is -2.11. The first-order chi connectivity index (χ1) is 6.06. The number of halogens is 3. The molecule has 0 saturated heterocycles. The average Bonchev–Trinajstić information content (AvgIpc) is 2.10. The highest BCUT2D eigenvalue weighted by Crippen LogP contribution is 2.25. The van der Waals surface area contributed by atoms with E-state index >= 15 is 0 Å². The first-order valence-electron chi connectivity index (χ1n) is 3.96. The SMILES string of the molecule is CCC(N)c1cc(F)c(F)cc1Cl. The third-order valence-corrected chi connectivity index (χ3v) is 2.21. The Bertz CT molecular complexity index is 315. The summed E-state index contributed by atoms with van der Waals surface area (Å²) in [5.74, 6) is -1.86. The van der Waals surface area contributed by atoms with Crippen LogP contribution in [0.25, 0.3) is 0 Å². The molecular weight excluding hydrogens is 196 g/mol. The Kier molecular flexibility index (Phi) is 3.22. The number of rotatable bonds is 2. The smallest absolute Gasteiger partial charge is 0.160 e. The molecule has 1 atom stereocenters. The zero-order valence-electron chi connectivity index (χ0n) is 7.15. The molecule has 2 N–H and O–H groups in total. The molecular formula is C9H10ClF2N. The van der Waals surface area contributed by atoms with Crippen molar-refractivity contribution in [3.63, 3.8) is 0 Å². The van der Waals surface area contributed by atoms with Gasteiger partial charge in [-0.1, -0.05) is 18.5 Å². The predicted molar refractivity (Wildman–Crippen MR) is 48.6 cm³/mol. The van der Waals surface area contributed by atoms with Crippen LogP contribution in [0, 0.1) is 11.6 Å². The monoisotopic (exact) mass is 205 g/mol. The molecule has 0 spiro atoms. The van der Waals surface area contributed by atoms with Crippen molar-refractivity contribution >= 4 is 11.6 Å². The predicted octanol–water partition coefficient (Wildman–Crippen LogP) is 3.03. The molecule has 0 amide bonds. The lowest BCUT2D eigenvalue weighted by molar-refractivity contribution is 0.505. The second kappa shape index (κ2) is 4.03. The highest BCUT2D eigenvalue weighted by molar-refractivity contribution is 6.31. The van der Waals surface area contributed by atoms with Crippen LogP contribution < -0.4 is 5.73 Å². The maximum atomic E-state index is 12.8. The maximum Gasteiger partial charge on any atom is 0.160 e.